The second-order valence-corrected chi connectivity index (χ2v) is 3.68. The van der Waals surface area contributed by atoms with Gasteiger partial charge in [0.2, 0.25) is 0 Å². The van der Waals surface area contributed by atoms with Crippen LogP contribution in [0.3, 0.4) is 0 Å². The molecule has 5 heteroatoms. The molecule has 0 aliphatic rings. The van der Waals surface area contributed by atoms with E-state index in [1.165, 1.54) is 0 Å². The SMILES string of the molecule is O=C(O)Cc1ccc(S)c(Cl)c1Cl. The van der Waals surface area contributed by atoms with Crippen molar-refractivity contribution in [1.82, 2.24) is 0 Å². The summed E-state index contributed by atoms with van der Waals surface area (Å²) in [5.74, 6) is -0.940. The van der Waals surface area contributed by atoms with Crippen LogP contribution in [-0.4, -0.2) is 11.1 Å². The molecule has 0 saturated carbocycles. The molecule has 0 aliphatic heterocycles. The van der Waals surface area contributed by atoms with Crippen LogP contribution in [0.25, 0.3) is 0 Å². The van der Waals surface area contributed by atoms with Crippen LogP contribution in [0.5, 0.6) is 0 Å². The lowest BCUT2D eigenvalue weighted by molar-refractivity contribution is -0.136. The highest BCUT2D eigenvalue weighted by atomic mass is 35.5. The molecule has 0 atom stereocenters. The Labute approximate surface area is 90.9 Å². The van der Waals surface area contributed by atoms with E-state index in [2.05, 4.69) is 12.6 Å². The van der Waals surface area contributed by atoms with E-state index >= 15 is 0 Å². The van der Waals surface area contributed by atoms with Crippen LogP contribution in [-0.2, 0) is 11.2 Å². The number of carboxylic acids is 1. The molecule has 0 unspecified atom stereocenters. The average molecular weight is 237 g/mol. The Morgan fingerprint density at radius 2 is 2.00 bits per heavy atom. The first-order valence-electron chi connectivity index (χ1n) is 3.40. The summed E-state index contributed by atoms with van der Waals surface area (Å²) in [7, 11) is 0. The molecule has 0 saturated heterocycles. The molecular formula is C8H6Cl2O2S. The summed E-state index contributed by atoms with van der Waals surface area (Å²) in [5.41, 5.74) is 0.497. The minimum atomic E-state index is -0.940. The standard InChI is InChI=1S/C8H6Cl2O2S/c9-7-4(3-6(11)12)1-2-5(13)8(7)10/h1-2,13H,3H2,(H,11,12). The fraction of sp³-hybridized carbons (Fsp3) is 0.125. The Bertz CT molecular complexity index is 352. The van der Waals surface area contributed by atoms with Crippen molar-refractivity contribution in [2.45, 2.75) is 11.3 Å². The van der Waals surface area contributed by atoms with Crippen molar-refractivity contribution in [3.63, 3.8) is 0 Å². The summed E-state index contributed by atoms with van der Waals surface area (Å²) in [4.78, 5) is 10.9. The molecule has 1 rings (SSSR count). The van der Waals surface area contributed by atoms with Gasteiger partial charge >= 0.3 is 5.97 Å². The van der Waals surface area contributed by atoms with Crippen molar-refractivity contribution < 1.29 is 9.90 Å². The Hall–Kier alpha value is -0.380. The Morgan fingerprint density at radius 1 is 1.38 bits per heavy atom. The first kappa shape index (κ1) is 10.7. The number of hydrogen-bond acceptors (Lipinski definition) is 2. The summed E-state index contributed by atoms with van der Waals surface area (Å²) in [6.45, 7) is 0. The number of benzene rings is 1. The average Bonchev–Trinajstić information content (AvgIpc) is 2.06. The number of rotatable bonds is 2. The zero-order chi connectivity index (χ0) is 10.0. The molecule has 0 radical (unpaired) electrons. The van der Waals surface area contributed by atoms with E-state index in [4.69, 9.17) is 28.3 Å². The van der Waals surface area contributed by atoms with Crippen molar-refractivity contribution in [3.05, 3.63) is 27.7 Å². The summed E-state index contributed by atoms with van der Waals surface area (Å²) < 4.78 is 0. The van der Waals surface area contributed by atoms with E-state index in [0.717, 1.165) is 0 Å². The maximum absolute atomic E-state index is 10.4. The quantitative estimate of drug-likeness (QED) is 0.776. The second kappa shape index (κ2) is 4.22. The lowest BCUT2D eigenvalue weighted by Gasteiger charge is -2.04. The first-order chi connectivity index (χ1) is 6.02. The Kier molecular flexibility index (Phi) is 3.47. The number of thiol groups is 1. The number of halogens is 2. The molecule has 13 heavy (non-hydrogen) atoms. The third kappa shape index (κ3) is 2.53. The highest BCUT2D eigenvalue weighted by Crippen LogP contribution is 2.31. The summed E-state index contributed by atoms with van der Waals surface area (Å²) in [6.07, 6.45) is -0.132. The highest BCUT2D eigenvalue weighted by Gasteiger charge is 2.10. The van der Waals surface area contributed by atoms with E-state index < -0.39 is 5.97 Å². The molecular weight excluding hydrogens is 231 g/mol. The molecule has 0 fully saturated rings. The first-order valence-corrected chi connectivity index (χ1v) is 4.60. The molecule has 0 spiro atoms. The van der Waals surface area contributed by atoms with Crippen LogP contribution in [0, 0.1) is 0 Å². The van der Waals surface area contributed by atoms with Crippen molar-refractivity contribution in [1.29, 1.82) is 0 Å². The van der Waals surface area contributed by atoms with Crippen LogP contribution in [0.15, 0.2) is 17.0 Å². The van der Waals surface area contributed by atoms with E-state index in [0.29, 0.717) is 15.5 Å². The van der Waals surface area contributed by atoms with Gasteiger partial charge in [-0.25, -0.2) is 0 Å². The van der Waals surface area contributed by atoms with Gasteiger partial charge in [-0.05, 0) is 11.6 Å². The van der Waals surface area contributed by atoms with Crippen molar-refractivity contribution in [2.24, 2.45) is 0 Å². The van der Waals surface area contributed by atoms with Crippen LogP contribution >= 0.6 is 35.8 Å². The topological polar surface area (TPSA) is 37.3 Å². The third-order valence-electron chi connectivity index (χ3n) is 1.48. The predicted molar refractivity (Wildman–Crippen MR) is 55.1 cm³/mol. The molecule has 2 nitrogen and oxygen atoms in total. The van der Waals surface area contributed by atoms with Crippen LogP contribution in [0.2, 0.25) is 10.0 Å². The van der Waals surface area contributed by atoms with Crippen molar-refractivity contribution in [2.75, 3.05) is 0 Å². The molecule has 0 bridgehead atoms. The lowest BCUT2D eigenvalue weighted by Crippen LogP contribution is -2.00. The van der Waals surface area contributed by atoms with Gasteiger partial charge in [-0.3, -0.25) is 4.79 Å². The molecule has 70 valence electrons. The fourth-order valence-corrected chi connectivity index (χ4v) is 1.55. The molecule has 1 N–H and O–H groups in total. The smallest absolute Gasteiger partial charge is 0.307 e. The Balaban J connectivity index is 3.10. The maximum Gasteiger partial charge on any atom is 0.307 e. The monoisotopic (exact) mass is 236 g/mol. The largest absolute Gasteiger partial charge is 0.481 e. The molecule has 0 heterocycles. The maximum atomic E-state index is 10.4. The minimum Gasteiger partial charge on any atom is -0.481 e. The van der Waals surface area contributed by atoms with E-state index in [1.54, 1.807) is 12.1 Å². The van der Waals surface area contributed by atoms with Crippen molar-refractivity contribution >= 4 is 41.8 Å². The molecule has 0 aliphatic carbocycles. The third-order valence-corrected chi connectivity index (χ3v) is 2.91. The van der Waals surface area contributed by atoms with E-state index in [9.17, 15) is 4.79 Å². The van der Waals surface area contributed by atoms with Crippen LogP contribution in [0.4, 0.5) is 0 Å². The highest BCUT2D eigenvalue weighted by molar-refractivity contribution is 7.80. The number of aliphatic carboxylic acids is 1. The van der Waals surface area contributed by atoms with Gasteiger partial charge in [0.05, 0.1) is 16.5 Å². The van der Waals surface area contributed by atoms with E-state index in [-0.39, 0.29) is 11.4 Å². The second-order valence-electron chi connectivity index (χ2n) is 2.44. The number of carbonyl (C=O) groups is 1. The molecule has 0 amide bonds. The minimum absolute atomic E-state index is 0.132. The summed E-state index contributed by atoms with van der Waals surface area (Å²) >= 11 is 15.6. The van der Waals surface area contributed by atoms with E-state index in [1.807, 2.05) is 0 Å². The van der Waals surface area contributed by atoms with Gasteiger partial charge in [-0.2, -0.15) is 0 Å². The number of hydrogen-bond donors (Lipinski definition) is 2. The Morgan fingerprint density at radius 3 is 2.54 bits per heavy atom. The zero-order valence-electron chi connectivity index (χ0n) is 6.42. The lowest BCUT2D eigenvalue weighted by atomic mass is 10.1. The molecule has 1 aromatic carbocycles. The van der Waals surface area contributed by atoms with Gasteiger partial charge in [0.1, 0.15) is 0 Å². The number of carboxylic acid groups (broad SMARTS) is 1. The van der Waals surface area contributed by atoms with Gasteiger partial charge in [0.25, 0.3) is 0 Å². The van der Waals surface area contributed by atoms with Crippen LogP contribution < -0.4 is 0 Å². The molecule has 0 aromatic heterocycles. The normalized spacial score (nSPS) is 10.1. The van der Waals surface area contributed by atoms with Crippen molar-refractivity contribution in [3.8, 4) is 0 Å². The van der Waals surface area contributed by atoms with Gasteiger partial charge in [-0.15, -0.1) is 12.6 Å². The van der Waals surface area contributed by atoms with Crippen LogP contribution in [0.1, 0.15) is 5.56 Å². The van der Waals surface area contributed by atoms with Gasteiger partial charge < -0.3 is 5.11 Å². The van der Waals surface area contributed by atoms with Gasteiger partial charge in [-0.1, -0.05) is 29.3 Å². The van der Waals surface area contributed by atoms with Gasteiger partial charge in [0.15, 0.2) is 0 Å². The predicted octanol–water partition coefficient (Wildman–Crippen LogP) is 2.91. The summed E-state index contributed by atoms with van der Waals surface area (Å²) in [5, 5.41) is 9.09. The summed E-state index contributed by atoms with van der Waals surface area (Å²) in [6, 6.07) is 3.22. The molecule has 1 aromatic rings. The zero-order valence-corrected chi connectivity index (χ0v) is 8.83. The fourth-order valence-electron chi connectivity index (χ4n) is 0.879. The van der Waals surface area contributed by atoms with Gasteiger partial charge in [0, 0.05) is 4.90 Å².